The maximum atomic E-state index is 13.0. The average Bonchev–Trinajstić information content (AvgIpc) is 3.73. The molecule has 15 atom stereocenters. The first kappa shape index (κ1) is 26.8. The number of aliphatic hydroxyl groups is 4. The van der Waals surface area contributed by atoms with Crippen molar-refractivity contribution in [2.75, 3.05) is 19.8 Å². The molecule has 8 rings (SSSR count). The Labute approximate surface area is 285 Å². The first-order valence-electron chi connectivity index (χ1n) is 20.4. The summed E-state index contributed by atoms with van der Waals surface area (Å²) in [6, 6.07) is 0. The molecule has 0 aromatic carbocycles. The van der Waals surface area contributed by atoms with E-state index in [0.29, 0.717) is 32.1 Å². The Morgan fingerprint density at radius 1 is 0.979 bits per heavy atom. The summed E-state index contributed by atoms with van der Waals surface area (Å²) < 4.78 is 92.6. The Hall–Kier alpha value is -0.930. The van der Waals surface area contributed by atoms with E-state index in [4.69, 9.17) is 41.4 Å². The van der Waals surface area contributed by atoms with Crippen molar-refractivity contribution in [3.05, 3.63) is 0 Å². The standard InChI is InChI=1S/C35H54O12/c1-18-26(38)27-28(47-31(4,5)46-27)29(43-18)44-20-13-24-34(17-42-30(2,3)45-24)22-6-9-32(16-36)21(19-12-25(37)41-15-19)8-11-35(32,40)23(22)7-10-33(34,39)14-20/h18-24,26-29,36,38-40H,6-17H2,1-5H3/t18-,19+,20+,21+,22+,23-,24-,26-,27+,28+,29-,32+,33+,34+,35+/m1/s1/i2D3,3D3. The molecule has 4 aliphatic carbocycles. The first-order chi connectivity index (χ1) is 24.6. The van der Waals surface area contributed by atoms with Crippen molar-refractivity contribution in [1.82, 2.24) is 0 Å². The maximum Gasteiger partial charge on any atom is 0.306 e. The van der Waals surface area contributed by atoms with Crippen LogP contribution >= 0.6 is 0 Å². The second kappa shape index (κ2) is 10.8. The molecule has 1 spiro atoms. The zero-order valence-corrected chi connectivity index (χ0v) is 27.4. The highest BCUT2D eigenvalue weighted by Crippen LogP contribution is 2.72. The summed E-state index contributed by atoms with van der Waals surface area (Å²) in [4.78, 5) is 12.2. The van der Waals surface area contributed by atoms with E-state index in [9.17, 15) is 25.2 Å². The van der Waals surface area contributed by atoms with Gasteiger partial charge in [0.1, 0.15) is 18.3 Å². The summed E-state index contributed by atoms with van der Waals surface area (Å²) in [6.45, 7) is -1.90. The van der Waals surface area contributed by atoms with Crippen LogP contribution in [0.3, 0.4) is 0 Å². The smallest absolute Gasteiger partial charge is 0.306 e. The summed E-state index contributed by atoms with van der Waals surface area (Å²) in [5.74, 6) is -5.66. The van der Waals surface area contributed by atoms with Crippen LogP contribution in [0.25, 0.3) is 0 Å². The van der Waals surface area contributed by atoms with Crippen molar-refractivity contribution >= 4 is 5.97 Å². The Morgan fingerprint density at radius 3 is 2.45 bits per heavy atom. The van der Waals surface area contributed by atoms with Crippen LogP contribution in [-0.4, -0.2) is 112 Å². The minimum absolute atomic E-state index is 0.0328. The molecule has 12 nitrogen and oxygen atoms in total. The van der Waals surface area contributed by atoms with Crippen molar-refractivity contribution in [1.29, 1.82) is 0 Å². The molecular weight excluding hydrogens is 612 g/mol. The van der Waals surface area contributed by atoms with Gasteiger partial charge in [0.15, 0.2) is 17.9 Å². The molecule has 8 fully saturated rings. The highest BCUT2D eigenvalue weighted by molar-refractivity contribution is 5.71. The Bertz CT molecular complexity index is 1450. The Kier molecular flexibility index (Phi) is 6.16. The molecule has 266 valence electrons. The minimum Gasteiger partial charge on any atom is -0.465 e. The van der Waals surface area contributed by atoms with E-state index in [1.807, 2.05) is 0 Å². The number of ether oxygens (including phenoxy) is 7. The van der Waals surface area contributed by atoms with Gasteiger partial charge in [-0.2, -0.15) is 0 Å². The zero-order chi connectivity index (χ0) is 38.4. The van der Waals surface area contributed by atoms with Crippen molar-refractivity contribution in [2.45, 2.75) is 158 Å². The molecule has 12 heteroatoms. The van der Waals surface area contributed by atoms with E-state index in [-0.39, 0.29) is 56.7 Å². The summed E-state index contributed by atoms with van der Waals surface area (Å²) >= 11 is 0. The van der Waals surface area contributed by atoms with E-state index in [1.54, 1.807) is 20.8 Å². The molecule has 0 amide bonds. The molecule has 4 saturated heterocycles. The molecular formula is C35H54O12. The highest BCUT2D eigenvalue weighted by Gasteiger charge is 2.76. The van der Waals surface area contributed by atoms with Crippen LogP contribution < -0.4 is 0 Å². The number of rotatable bonds is 4. The summed E-state index contributed by atoms with van der Waals surface area (Å²) in [5, 5.41) is 47.9. The lowest BCUT2D eigenvalue weighted by Gasteiger charge is -2.70. The zero-order valence-electron chi connectivity index (χ0n) is 33.4. The average molecular weight is 673 g/mol. The van der Waals surface area contributed by atoms with Gasteiger partial charge in [0.25, 0.3) is 0 Å². The Balaban J connectivity index is 1.16. The topological polar surface area (TPSA) is 163 Å². The van der Waals surface area contributed by atoms with Crippen molar-refractivity contribution in [3.63, 3.8) is 0 Å². The van der Waals surface area contributed by atoms with Gasteiger partial charge in [-0.1, -0.05) is 0 Å². The molecule has 4 saturated carbocycles. The molecule has 0 unspecified atom stereocenters. The second-order valence-corrected chi connectivity index (χ2v) is 16.4. The number of carbonyl (C=O) groups is 1. The fourth-order valence-corrected chi connectivity index (χ4v) is 12.0. The predicted molar refractivity (Wildman–Crippen MR) is 162 cm³/mol. The van der Waals surface area contributed by atoms with Crippen LogP contribution in [0.5, 0.6) is 0 Å². The largest absolute Gasteiger partial charge is 0.465 e. The molecule has 4 aliphatic heterocycles. The third kappa shape index (κ3) is 4.65. The molecule has 8 aliphatic rings. The Morgan fingerprint density at radius 2 is 1.72 bits per heavy atom. The molecule has 4 heterocycles. The van der Waals surface area contributed by atoms with Crippen LogP contribution in [-0.2, 0) is 38.0 Å². The fraction of sp³-hybridized carbons (Fsp3) is 0.971. The van der Waals surface area contributed by atoms with Gasteiger partial charge in [0.05, 0.1) is 61.2 Å². The lowest BCUT2D eigenvalue weighted by atomic mass is 9.40. The normalized spacial score (nSPS) is 58.5. The lowest BCUT2D eigenvalue weighted by Crippen LogP contribution is -2.76. The number of fused-ring (bicyclic) bond motifs is 4. The van der Waals surface area contributed by atoms with Crippen LogP contribution in [0.2, 0.25) is 0 Å². The van der Waals surface area contributed by atoms with Gasteiger partial charge in [-0.3, -0.25) is 4.79 Å². The molecule has 0 aromatic heterocycles. The van der Waals surface area contributed by atoms with Gasteiger partial charge in [0, 0.05) is 32.4 Å². The number of carbonyl (C=O) groups excluding carboxylic acids is 1. The second-order valence-electron chi connectivity index (χ2n) is 16.4. The number of hydrogen-bond acceptors (Lipinski definition) is 12. The summed E-state index contributed by atoms with van der Waals surface area (Å²) in [7, 11) is 0. The van der Waals surface area contributed by atoms with Gasteiger partial charge < -0.3 is 53.6 Å². The maximum absolute atomic E-state index is 13.0. The van der Waals surface area contributed by atoms with E-state index < -0.39 is 109 Å². The molecule has 0 radical (unpaired) electrons. The fourth-order valence-electron chi connectivity index (χ4n) is 12.0. The number of aliphatic hydroxyl groups excluding tert-OH is 2. The SMILES string of the molecule is [2H]C([2H])([2H])C1(C([2H])([2H])[2H])OC[C@]23[C@@H](C[C@H](O[C@H]4O[C@H](C)[C@@H](O)[C@@H]5OC(C)(C)O[C@H]45)C[C@@]2(O)CC[C@@H]2[C@@H]3CC[C@]3(CO)[C@H]([C@@H]4COC(=O)C4)CC[C@]23O)O1. The van der Waals surface area contributed by atoms with Crippen molar-refractivity contribution in [3.8, 4) is 0 Å². The van der Waals surface area contributed by atoms with Crippen LogP contribution in [0.4, 0.5) is 0 Å². The van der Waals surface area contributed by atoms with Crippen LogP contribution in [0, 0.1) is 34.5 Å². The van der Waals surface area contributed by atoms with Gasteiger partial charge in [-0.15, -0.1) is 0 Å². The van der Waals surface area contributed by atoms with Gasteiger partial charge in [-0.05, 0) is 90.8 Å². The van der Waals surface area contributed by atoms with E-state index >= 15 is 0 Å². The minimum atomic E-state index is -3.25. The third-order valence-corrected chi connectivity index (χ3v) is 13.9. The number of cyclic esters (lactones) is 1. The van der Waals surface area contributed by atoms with E-state index in [0.717, 1.165) is 0 Å². The predicted octanol–water partition coefficient (Wildman–Crippen LogP) is 2.16. The molecule has 0 aromatic rings. The summed E-state index contributed by atoms with van der Waals surface area (Å²) in [5.41, 5.74) is -5.31. The van der Waals surface area contributed by atoms with E-state index in [2.05, 4.69) is 0 Å². The van der Waals surface area contributed by atoms with Gasteiger partial charge in [-0.25, -0.2) is 0 Å². The molecule has 4 N–H and O–H groups in total. The third-order valence-electron chi connectivity index (χ3n) is 13.9. The van der Waals surface area contributed by atoms with Crippen LogP contribution in [0.1, 0.15) is 100 Å². The molecule has 47 heavy (non-hydrogen) atoms. The van der Waals surface area contributed by atoms with Gasteiger partial charge in [0.2, 0.25) is 0 Å². The monoisotopic (exact) mass is 672 g/mol. The van der Waals surface area contributed by atoms with Crippen molar-refractivity contribution in [2.24, 2.45) is 34.5 Å². The summed E-state index contributed by atoms with van der Waals surface area (Å²) in [6.07, 6.45) is -3.98. The number of hydrogen-bond donors (Lipinski definition) is 4. The lowest BCUT2D eigenvalue weighted by molar-refractivity contribution is -0.401. The van der Waals surface area contributed by atoms with Crippen LogP contribution in [0.15, 0.2) is 0 Å². The first-order valence-corrected chi connectivity index (χ1v) is 17.4. The van der Waals surface area contributed by atoms with Gasteiger partial charge >= 0.3 is 5.97 Å². The van der Waals surface area contributed by atoms with E-state index in [1.165, 1.54) is 0 Å². The number of esters is 1. The quantitative estimate of drug-likeness (QED) is 0.255. The molecule has 0 bridgehead atoms. The highest BCUT2D eigenvalue weighted by atomic mass is 16.8. The van der Waals surface area contributed by atoms with Crippen molar-refractivity contribution < 1.29 is 66.6 Å².